The molecule has 7 nitrogen and oxygen atoms in total. The first-order chi connectivity index (χ1) is 11.8. The minimum atomic E-state index is -3.67. The van der Waals surface area contributed by atoms with Gasteiger partial charge in [0.25, 0.3) is 0 Å². The van der Waals surface area contributed by atoms with E-state index >= 15 is 0 Å². The molecule has 0 bridgehead atoms. The highest BCUT2D eigenvalue weighted by Crippen LogP contribution is 2.35. The minimum Gasteiger partial charge on any atom is -0.495 e. The highest BCUT2D eigenvalue weighted by atomic mass is 35.5. The second kappa shape index (κ2) is 6.66. The summed E-state index contributed by atoms with van der Waals surface area (Å²) in [5.74, 6) is 0.427. The van der Waals surface area contributed by atoms with Crippen LogP contribution in [0.25, 0.3) is 0 Å². The molecule has 3 rings (SSSR count). The molecule has 1 aromatic carbocycles. The van der Waals surface area contributed by atoms with Gasteiger partial charge in [0.05, 0.1) is 23.6 Å². The van der Waals surface area contributed by atoms with Gasteiger partial charge in [0.15, 0.2) is 0 Å². The molecular formula is C16H21ClN2O5S. The van der Waals surface area contributed by atoms with Crippen LogP contribution in [-0.4, -0.2) is 63.1 Å². The van der Waals surface area contributed by atoms with Crippen LogP contribution >= 0.6 is 11.6 Å². The van der Waals surface area contributed by atoms with E-state index in [0.717, 1.165) is 0 Å². The van der Waals surface area contributed by atoms with Crippen LogP contribution in [0.15, 0.2) is 23.1 Å². The number of hydrogen-bond acceptors (Lipinski definition) is 5. The van der Waals surface area contributed by atoms with Gasteiger partial charge < -0.3 is 14.4 Å². The summed E-state index contributed by atoms with van der Waals surface area (Å²) in [7, 11) is -0.501. The number of nitrogens with zero attached hydrogens (tertiary/aromatic N) is 2. The number of carbonyl (C=O) groups excluding carboxylic acids is 1. The van der Waals surface area contributed by atoms with Crippen molar-refractivity contribution in [2.24, 2.45) is 0 Å². The SMILES string of the molecule is COc1ccc(S(=O)(=O)N2CCCC3(CC2)CN(C)C(=O)O3)cc1Cl. The second-order valence-electron chi connectivity index (χ2n) is 6.46. The predicted octanol–water partition coefficient (Wildman–Crippen LogP) is 2.34. The smallest absolute Gasteiger partial charge is 0.410 e. The summed E-state index contributed by atoms with van der Waals surface area (Å²) in [6.07, 6.45) is 1.41. The van der Waals surface area contributed by atoms with E-state index in [9.17, 15) is 13.2 Å². The van der Waals surface area contributed by atoms with Crippen molar-refractivity contribution in [3.63, 3.8) is 0 Å². The number of hydrogen-bond donors (Lipinski definition) is 0. The highest BCUT2D eigenvalue weighted by Gasteiger charge is 2.45. The van der Waals surface area contributed by atoms with Crippen LogP contribution in [-0.2, 0) is 14.8 Å². The first kappa shape index (κ1) is 18.3. The number of likely N-dealkylation sites (N-methyl/N-ethyl adjacent to an activating group) is 1. The molecule has 0 aliphatic carbocycles. The lowest BCUT2D eigenvalue weighted by Gasteiger charge is -2.25. The molecular weight excluding hydrogens is 368 g/mol. The maximum absolute atomic E-state index is 12.9. The molecule has 1 aromatic rings. The fourth-order valence-electron chi connectivity index (χ4n) is 3.39. The summed E-state index contributed by atoms with van der Waals surface area (Å²) in [5, 5.41) is 0.251. The molecule has 0 N–H and O–H groups in total. The molecule has 0 aromatic heterocycles. The van der Waals surface area contributed by atoms with Crippen molar-refractivity contribution in [1.29, 1.82) is 0 Å². The van der Waals surface area contributed by atoms with Crippen LogP contribution in [0, 0.1) is 0 Å². The Hall–Kier alpha value is -1.51. The van der Waals surface area contributed by atoms with E-state index < -0.39 is 15.6 Å². The zero-order chi connectivity index (χ0) is 18.2. The number of benzene rings is 1. The molecule has 2 aliphatic heterocycles. The Balaban J connectivity index is 1.80. The fourth-order valence-corrected chi connectivity index (χ4v) is 5.22. The molecule has 1 spiro atoms. The first-order valence-electron chi connectivity index (χ1n) is 8.05. The van der Waals surface area contributed by atoms with E-state index in [1.165, 1.54) is 28.4 Å². The predicted molar refractivity (Wildman–Crippen MR) is 92.5 cm³/mol. The van der Waals surface area contributed by atoms with Crippen molar-refractivity contribution in [2.75, 3.05) is 33.8 Å². The summed E-state index contributed by atoms with van der Waals surface area (Å²) in [4.78, 5) is 13.4. The Kier molecular flexibility index (Phi) is 4.87. The molecule has 138 valence electrons. The number of amides is 1. The lowest BCUT2D eigenvalue weighted by Crippen LogP contribution is -2.36. The third-order valence-corrected chi connectivity index (χ3v) is 6.95. The zero-order valence-corrected chi connectivity index (χ0v) is 15.8. The Labute approximate surface area is 152 Å². The van der Waals surface area contributed by atoms with E-state index in [-0.39, 0.29) is 16.0 Å². The van der Waals surface area contributed by atoms with Crippen molar-refractivity contribution in [1.82, 2.24) is 9.21 Å². The Bertz CT molecular complexity index is 785. The lowest BCUT2D eigenvalue weighted by molar-refractivity contribution is 0.0460. The van der Waals surface area contributed by atoms with Gasteiger partial charge in [-0.25, -0.2) is 13.2 Å². The molecule has 0 radical (unpaired) electrons. The van der Waals surface area contributed by atoms with Crippen LogP contribution in [0.4, 0.5) is 4.79 Å². The quantitative estimate of drug-likeness (QED) is 0.794. The van der Waals surface area contributed by atoms with Gasteiger partial charge in [-0.15, -0.1) is 0 Å². The first-order valence-corrected chi connectivity index (χ1v) is 9.87. The van der Waals surface area contributed by atoms with Crippen molar-refractivity contribution >= 4 is 27.7 Å². The van der Waals surface area contributed by atoms with Gasteiger partial charge in [0.1, 0.15) is 11.4 Å². The molecule has 2 aliphatic rings. The Morgan fingerprint density at radius 1 is 1.28 bits per heavy atom. The van der Waals surface area contributed by atoms with E-state index in [1.54, 1.807) is 13.1 Å². The summed E-state index contributed by atoms with van der Waals surface area (Å²) >= 11 is 6.07. The number of ether oxygens (including phenoxy) is 2. The van der Waals surface area contributed by atoms with E-state index in [4.69, 9.17) is 21.1 Å². The molecule has 1 amide bonds. The van der Waals surface area contributed by atoms with Gasteiger partial charge in [-0.3, -0.25) is 0 Å². The second-order valence-corrected chi connectivity index (χ2v) is 8.81. The summed E-state index contributed by atoms with van der Waals surface area (Å²) < 4.78 is 37.9. The van der Waals surface area contributed by atoms with Crippen LogP contribution in [0.5, 0.6) is 5.75 Å². The topological polar surface area (TPSA) is 76.2 Å². The third-order valence-electron chi connectivity index (χ3n) is 4.76. The van der Waals surface area contributed by atoms with Gasteiger partial charge in [-0.05, 0) is 31.0 Å². The number of halogens is 1. The zero-order valence-electron chi connectivity index (χ0n) is 14.2. The molecule has 2 heterocycles. The maximum Gasteiger partial charge on any atom is 0.410 e. The van der Waals surface area contributed by atoms with Crippen molar-refractivity contribution in [3.05, 3.63) is 23.2 Å². The van der Waals surface area contributed by atoms with Gasteiger partial charge in [0, 0.05) is 26.6 Å². The largest absolute Gasteiger partial charge is 0.495 e. The maximum atomic E-state index is 12.9. The average Bonchev–Trinajstić information content (AvgIpc) is 2.72. The minimum absolute atomic E-state index is 0.134. The molecule has 25 heavy (non-hydrogen) atoms. The third kappa shape index (κ3) is 3.43. The molecule has 1 atom stereocenters. The van der Waals surface area contributed by atoms with Crippen LogP contribution in [0.2, 0.25) is 5.02 Å². The molecule has 9 heteroatoms. The van der Waals surface area contributed by atoms with E-state index in [0.29, 0.717) is 44.6 Å². The van der Waals surface area contributed by atoms with Crippen molar-refractivity contribution in [2.45, 2.75) is 29.8 Å². The van der Waals surface area contributed by atoms with Crippen LogP contribution in [0.1, 0.15) is 19.3 Å². The van der Waals surface area contributed by atoms with Gasteiger partial charge >= 0.3 is 6.09 Å². The molecule has 2 fully saturated rings. The van der Waals surface area contributed by atoms with E-state index in [1.807, 2.05) is 0 Å². The summed E-state index contributed by atoms with van der Waals surface area (Å²) in [6.45, 7) is 1.18. The van der Waals surface area contributed by atoms with Crippen LogP contribution in [0.3, 0.4) is 0 Å². The monoisotopic (exact) mass is 388 g/mol. The standard InChI is InChI=1S/C16H21ClN2O5S/c1-18-11-16(24-15(18)20)6-3-8-19(9-7-16)25(21,22)12-4-5-14(23-2)13(17)10-12/h4-5,10H,3,6-9,11H2,1-2H3. The molecule has 0 saturated carbocycles. The Morgan fingerprint density at radius 2 is 2.04 bits per heavy atom. The van der Waals surface area contributed by atoms with Crippen LogP contribution < -0.4 is 4.74 Å². The van der Waals surface area contributed by atoms with Crippen molar-refractivity contribution < 1.29 is 22.7 Å². The number of sulfonamides is 1. The molecule has 2 saturated heterocycles. The number of methoxy groups -OCH3 is 1. The number of rotatable bonds is 3. The Morgan fingerprint density at radius 3 is 2.64 bits per heavy atom. The lowest BCUT2D eigenvalue weighted by atomic mass is 9.95. The summed E-state index contributed by atoms with van der Waals surface area (Å²) in [6, 6.07) is 4.44. The number of carbonyl (C=O) groups is 1. The molecule has 1 unspecified atom stereocenters. The van der Waals surface area contributed by atoms with Gasteiger partial charge in [-0.2, -0.15) is 4.31 Å². The van der Waals surface area contributed by atoms with Gasteiger partial charge in [-0.1, -0.05) is 11.6 Å². The van der Waals surface area contributed by atoms with Gasteiger partial charge in [0.2, 0.25) is 10.0 Å². The highest BCUT2D eigenvalue weighted by molar-refractivity contribution is 7.89. The van der Waals surface area contributed by atoms with Crippen molar-refractivity contribution in [3.8, 4) is 5.75 Å². The average molecular weight is 389 g/mol. The fraction of sp³-hybridized carbons (Fsp3) is 0.562. The normalized spacial score (nSPS) is 25.1. The van der Waals surface area contributed by atoms with E-state index in [2.05, 4.69) is 0 Å². The summed E-state index contributed by atoms with van der Waals surface area (Å²) in [5.41, 5.74) is -0.590.